The van der Waals surface area contributed by atoms with Crippen LogP contribution in [0.15, 0.2) is 36.4 Å². The quantitative estimate of drug-likeness (QED) is 0.654. The first-order valence-corrected chi connectivity index (χ1v) is 7.25. The number of hydrogen-bond acceptors (Lipinski definition) is 5. The van der Waals surface area contributed by atoms with Crippen LogP contribution in [-0.2, 0) is 0 Å². The maximum atomic E-state index is 12.5. The third kappa shape index (κ3) is 3.74. The van der Waals surface area contributed by atoms with Crippen molar-refractivity contribution in [1.29, 1.82) is 0 Å². The van der Waals surface area contributed by atoms with Crippen molar-refractivity contribution >= 4 is 11.5 Å². The van der Waals surface area contributed by atoms with Crippen LogP contribution in [0.2, 0.25) is 0 Å². The number of methoxy groups -OCH3 is 2. The lowest BCUT2D eigenvalue weighted by atomic mass is 10.1. The van der Waals surface area contributed by atoms with Gasteiger partial charge < -0.3 is 19.9 Å². The molecular weight excluding hydrogens is 294 g/mol. The molecule has 0 saturated heterocycles. The van der Waals surface area contributed by atoms with E-state index in [9.17, 15) is 4.79 Å². The van der Waals surface area contributed by atoms with E-state index in [1.165, 1.54) is 7.11 Å². The molecule has 0 bridgehead atoms. The molecule has 23 heavy (non-hydrogen) atoms. The number of anilines is 1. The van der Waals surface area contributed by atoms with Crippen LogP contribution in [0.5, 0.6) is 17.2 Å². The Kier molecular flexibility index (Phi) is 5.11. The molecule has 0 radical (unpaired) electrons. The Morgan fingerprint density at radius 1 is 1.00 bits per heavy atom. The zero-order valence-corrected chi connectivity index (χ0v) is 13.8. The Bertz CT molecular complexity index is 712. The van der Waals surface area contributed by atoms with Crippen LogP contribution in [0.4, 0.5) is 5.69 Å². The Morgan fingerprint density at radius 3 is 2.26 bits per heavy atom. The van der Waals surface area contributed by atoms with Gasteiger partial charge in [-0.25, -0.2) is 0 Å². The zero-order chi connectivity index (χ0) is 17.0. The Morgan fingerprint density at radius 2 is 1.65 bits per heavy atom. The molecule has 5 nitrogen and oxygen atoms in total. The van der Waals surface area contributed by atoms with E-state index < -0.39 is 6.10 Å². The summed E-state index contributed by atoms with van der Waals surface area (Å²) in [6.07, 6.45) is -0.668. The number of hydrogen-bond donors (Lipinski definition) is 1. The molecule has 0 aromatic heterocycles. The van der Waals surface area contributed by atoms with Gasteiger partial charge in [-0.05, 0) is 49.7 Å². The second-order valence-corrected chi connectivity index (χ2v) is 5.24. The molecule has 2 rings (SSSR count). The average Bonchev–Trinajstić information content (AvgIpc) is 2.55. The van der Waals surface area contributed by atoms with Gasteiger partial charge in [-0.3, -0.25) is 4.79 Å². The number of aryl methyl sites for hydroxylation is 1. The second-order valence-electron chi connectivity index (χ2n) is 5.24. The summed E-state index contributed by atoms with van der Waals surface area (Å²) in [5.74, 6) is 1.41. The molecule has 0 heterocycles. The van der Waals surface area contributed by atoms with Crippen LogP contribution in [0.3, 0.4) is 0 Å². The van der Waals surface area contributed by atoms with E-state index in [0.29, 0.717) is 28.5 Å². The molecule has 0 spiro atoms. The molecule has 0 fully saturated rings. The molecule has 0 saturated carbocycles. The van der Waals surface area contributed by atoms with Crippen molar-refractivity contribution in [3.63, 3.8) is 0 Å². The lowest BCUT2D eigenvalue weighted by molar-refractivity contribution is 0.0819. The SMILES string of the molecule is COc1ccc(C(=O)C(C)Oc2ccc(C)cc2N)cc1OC. The lowest BCUT2D eigenvalue weighted by Gasteiger charge is -2.16. The number of carbonyl (C=O) groups is 1. The fourth-order valence-electron chi connectivity index (χ4n) is 2.24. The summed E-state index contributed by atoms with van der Waals surface area (Å²) in [6.45, 7) is 3.64. The molecule has 2 aromatic carbocycles. The van der Waals surface area contributed by atoms with Crippen molar-refractivity contribution in [3.05, 3.63) is 47.5 Å². The van der Waals surface area contributed by atoms with Crippen LogP contribution >= 0.6 is 0 Å². The monoisotopic (exact) mass is 315 g/mol. The van der Waals surface area contributed by atoms with E-state index in [2.05, 4.69) is 0 Å². The van der Waals surface area contributed by atoms with Crippen molar-refractivity contribution < 1.29 is 19.0 Å². The number of benzene rings is 2. The van der Waals surface area contributed by atoms with Crippen LogP contribution in [0, 0.1) is 6.92 Å². The minimum Gasteiger partial charge on any atom is -0.493 e. The first kappa shape index (κ1) is 16.7. The molecule has 5 heteroatoms. The minimum absolute atomic E-state index is 0.161. The second kappa shape index (κ2) is 7.05. The normalized spacial score (nSPS) is 11.7. The summed E-state index contributed by atoms with van der Waals surface area (Å²) in [7, 11) is 3.07. The van der Waals surface area contributed by atoms with Gasteiger partial charge in [0, 0.05) is 5.56 Å². The van der Waals surface area contributed by atoms with Crippen molar-refractivity contribution in [2.75, 3.05) is 20.0 Å². The van der Waals surface area contributed by atoms with Gasteiger partial charge in [0.15, 0.2) is 17.6 Å². The van der Waals surface area contributed by atoms with Gasteiger partial charge in [0.05, 0.1) is 19.9 Å². The van der Waals surface area contributed by atoms with Gasteiger partial charge >= 0.3 is 0 Å². The number of ether oxygens (including phenoxy) is 3. The maximum Gasteiger partial charge on any atom is 0.203 e. The predicted octanol–water partition coefficient (Wildman–Crippen LogP) is 3.24. The van der Waals surface area contributed by atoms with E-state index in [0.717, 1.165) is 5.56 Å². The fourth-order valence-corrected chi connectivity index (χ4v) is 2.24. The Labute approximate surface area is 136 Å². The highest BCUT2D eigenvalue weighted by Gasteiger charge is 2.19. The predicted molar refractivity (Wildman–Crippen MR) is 89.6 cm³/mol. The number of rotatable bonds is 6. The highest BCUT2D eigenvalue weighted by atomic mass is 16.5. The summed E-state index contributed by atoms with van der Waals surface area (Å²) in [4.78, 5) is 12.5. The number of Topliss-reactive ketones (excluding diaryl/α,β-unsaturated/α-hetero) is 1. The molecule has 2 aromatic rings. The Balaban J connectivity index is 2.19. The van der Waals surface area contributed by atoms with Gasteiger partial charge in [0.1, 0.15) is 5.75 Å². The highest BCUT2D eigenvalue weighted by molar-refractivity contribution is 6.00. The van der Waals surface area contributed by atoms with Crippen molar-refractivity contribution in [3.8, 4) is 17.2 Å². The van der Waals surface area contributed by atoms with Gasteiger partial charge in [0.2, 0.25) is 5.78 Å². The molecular formula is C18H21NO4. The summed E-state index contributed by atoms with van der Waals surface area (Å²) < 4.78 is 16.1. The third-order valence-electron chi connectivity index (χ3n) is 3.51. The number of carbonyl (C=O) groups excluding carboxylic acids is 1. The summed E-state index contributed by atoms with van der Waals surface area (Å²) in [5, 5.41) is 0. The van der Waals surface area contributed by atoms with Gasteiger partial charge in [0.25, 0.3) is 0 Å². The van der Waals surface area contributed by atoms with Crippen LogP contribution in [-0.4, -0.2) is 26.1 Å². The topological polar surface area (TPSA) is 70.8 Å². The number of nitrogens with two attached hydrogens (primary N) is 1. The molecule has 122 valence electrons. The van der Waals surface area contributed by atoms with Crippen molar-refractivity contribution in [2.24, 2.45) is 0 Å². The van der Waals surface area contributed by atoms with Gasteiger partial charge in [-0.2, -0.15) is 0 Å². The standard InChI is InChI=1S/C18H21NO4/c1-11-5-7-15(14(19)9-11)23-12(2)18(20)13-6-8-16(21-3)17(10-13)22-4/h5-10,12H,19H2,1-4H3. The van der Waals surface area contributed by atoms with E-state index in [1.807, 2.05) is 19.1 Å². The molecule has 1 unspecified atom stereocenters. The zero-order valence-electron chi connectivity index (χ0n) is 13.8. The van der Waals surface area contributed by atoms with Crippen LogP contribution < -0.4 is 19.9 Å². The summed E-state index contributed by atoms with van der Waals surface area (Å²) in [6, 6.07) is 10.5. The van der Waals surface area contributed by atoms with Crippen LogP contribution in [0.1, 0.15) is 22.8 Å². The Hall–Kier alpha value is -2.69. The molecule has 0 aliphatic rings. The van der Waals surface area contributed by atoms with Crippen molar-refractivity contribution in [1.82, 2.24) is 0 Å². The third-order valence-corrected chi connectivity index (χ3v) is 3.51. The van der Waals surface area contributed by atoms with Gasteiger partial charge in [-0.15, -0.1) is 0 Å². The van der Waals surface area contributed by atoms with E-state index in [4.69, 9.17) is 19.9 Å². The summed E-state index contributed by atoms with van der Waals surface area (Å²) >= 11 is 0. The molecule has 0 aliphatic heterocycles. The van der Waals surface area contributed by atoms with E-state index in [-0.39, 0.29) is 5.78 Å². The molecule has 0 amide bonds. The first-order valence-electron chi connectivity index (χ1n) is 7.25. The average molecular weight is 315 g/mol. The molecule has 2 N–H and O–H groups in total. The lowest BCUT2D eigenvalue weighted by Crippen LogP contribution is -2.24. The maximum absolute atomic E-state index is 12.5. The first-order chi connectivity index (χ1) is 11.0. The van der Waals surface area contributed by atoms with Crippen molar-refractivity contribution in [2.45, 2.75) is 20.0 Å². The highest BCUT2D eigenvalue weighted by Crippen LogP contribution is 2.29. The van der Waals surface area contributed by atoms with E-state index >= 15 is 0 Å². The smallest absolute Gasteiger partial charge is 0.203 e. The van der Waals surface area contributed by atoms with E-state index in [1.54, 1.807) is 38.3 Å². The number of nitrogen functional groups attached to an aromatic ring is 1. The molecule has 1 atom stereocenters. The molecule has 0 aliphatic carbocycles. The largest absolute Gasteiger partial charge is 0.493 e. The summed E-state index contributed by atoms with van der Waals surface area (Å²) in [5.41, 5.74) is 7.95. The fraction of sp³-hybridized carbons (Fsp3) is 0.278. The minimum atomic E-state index is -0.668. The van der Waals surface area contributed by atoms with Crippen LogP contribution in [0.25, 0.3) is 0 Å². The number of ketones is 1. The van der Waals surface area contributed by atoms with Gasteiger partial charge in [-0.1, -0.05) is 6.07 Å².